The SMILES string of the molecule is CC(/C=N\NC(N)=NCc1nc2c(F)c(F)ccc2[nH]1)=C1N=C\1N1CC2CCC(C1)N2. The number of amidine groups is 1. The monoisotopic (exact) mass is 427 g/mol. The molecule has 5 N–H and O–H groups in total. The Balaban J connectivity index is 1.15. The molecule has 3 aliphatic heterocycles. The molecule has 11 heteroatoms. The molecule has 1 aromatic heterocycles. The summed E-state index contributed by atoms with van der Waals surface area (Å²) >= 11 is 0. The van der Waals surface area contributed by atoms with E-state index in [0.717, 1.165) is 36.3 Å². The molecule has 2 fully saturated rings. The fourth-order valence-corrected chi connectivity index (χ4v) is 4.13. The maximum absolute atomic E-state index is 13.7. The normalized spacial score (nSPS) is 24.8. The van der Waals surface area contributed by atoms with Crippen LogP contribution in [0.1, 0.15) is 25.6 Å². The lowest BCUT2D eigenvalue weighted by atomic mass is 10.2. The fraction of sp³-hybridized carbons (Fsp3) is 0.400. The molecule has 4 heterocycles. The molecule has 0 spiro atoms. The number of fused-ring (bicyclic) bond motifs is 3. The van der Waals surface area contributed by atoms with Crippen LogP contribution in [0.4, 0.5) is 8.78 Å². The zero-order valence-corrected chi connectivity index (χ0v) is 17.0. The fourth-order valence-electron chi connectivity index (χ4n) is 4.13. The molecule has 5 rings (SSSR count). The number of guanidine groups is 1. The van der Waals surface area contributed by atoms with E-state index in [-0.39, 0.29) is 18.0 Å². The van der Waals surface area contributed by atoms with Gasteiger partial charge in [-0.1, -0.05) is 0 Å². The number of likely N-dealkylation sites (tertiary alicyclic amines) is 1. The lowest BCUT2D eigenvalue weighted by Gasteiger charge is -2.31. The van der Waals surface area contributed by atoms with Crippen LogP contribution in [0, 0.1) is 11.6 Å². The van der Waals surface area contributed by atoms with Gasteiger partial charge in [-0.3, -0.25) is 0 Å². The smallest absolute Gasteiger partial charge is 0.209 e. The number of rotatable bonds is 4. The zero-order valence-electron chi connectivity index (χ0n) is 17.0. The highest BCUT2D eigenvalue weighted by Crippen LogP contribution is 2.29. The summed E-state index contributed by atoms with van der Waals surface area (Å²) < 4.78 is 27.0. The molecule has 162 valence electrons. The number of aliphatic imine (C=N–C) groups is 2. The highest BCUT2D eigenvalue weighted by molar-refractivity contribution is 6.14. The third kappa shape index (κ3) is 4.00. The summed E-state index contributed by atoms with van der Waals surface area (Å²) in [5.74, 6) is -0.429. The third-order valence-electron chi connectivity index (χ3n) is 5.70. The number of nitrogens with zero attached hydrogens (tertiary/aromatic N) is 5. The number of piperazine rings is 1. The van der Waals surface area contributed by atoms with Crippen LogP contribution in [0.5, 0.6) is 0 Å². The molecule has 2 unspecified atom stereocenters. The van der Waals surface area contributed by atoms with Gasteiger partial charge in [0, 0.05) is 25.2 Å². The molecule has 0 aliphatic carbocycles. The molecule has 9 nitrogen and oxygen atoms in total. The summed E-state index contributed by atoms with van der Waals surface area (Å²) in [7, 11) is 0. The van der Waals surface area contributed by atoms with E-state index in [4.69, 9.17) is 5.73 Å². The summed E-state index contributed by atoms with van der Waals surface area (Å²) in [6.45, 7) is 4.02. The van der Waals surface area contributed by atoms with Crippen LogP contribution in [0.25, 0.3) is 11.0 Å². The molecule has 2 bridgehead atoms. The van der Waals surface area contributed by atoms with Crippen molar-refractivity contribution in [3.8, 4) is 0 Å². The first-order valence-electron chi connectivity index (χ1n) is 10.2. The number of halogens is 2. The standard InChI is InChI=1S/C20H23F2N9/c1-10(17-19(29-17)31-8-11-2-3-12(9-31)26-11)6-25-30-20(23)24-7-15-27-14-5-4-13(21)16(22)18(14)28-15/h4-6,11-12,26H,2-3,7-9H2,1H3,(H,27,28)(H3,23,24,30)/b17-10+,25-6-. The van der Waals surface area contributed by atoms with Gasteiger partial charge in [0.2, 0.25) is 5.96 Å². The maximum Gasteiger partial charge on any atom is 0.209 e. The van der Waals surface area contributed by atoms with E-state index in [9.17, 15) is 8.78 Å². The Morgan fingerprint density at radius 3 is 2.87 bits per heavy atom. The Kier molecular flexibility index (Phi) is 4.89. The number of benzene rings is 1. The van der Waals surface area contributed by atoms with Gasteiger partial charge in [0.25, 0.3) is 0 Å². The molecule has 2 atom stereocenters. The van der Waals surface area contributed by atoms with Crippen molar-refractivity contribution in [1.82, 2.24) is 25.6 Å². The van der Waals surface area contributed by atoms with Crippen molar-refractivity contribution >= 4 is 29.0 Å². The van der Waals surface area contributed by atoms with Crippen LogP contribution in [0.3, 0.4) is 0 Å². The second kappa shape index (κ2) is 7.73. The molecule has 0 saturated carbocycles. The highest BCUT2D eigenvalue weighted by atomic mass is 19.2. The van der Waals surface area contributed by atoms with Crippen molar-refractivity contribution in [3.63, 3.8) is 0 Å². The van der Waals surface area contributed by atoms with Gasteiger partial charge in [0.1, 0.15) is 23.6 Å². The largest absolute Gasteiger partial charge is 0.369 e. The summed E-state index contributed by atoms with van der Waals surface area (Å²) in [6.07, 6.45) is 4.12. The Hall–Kier alpha value is -3.34. The molecule has 2 aromatic rings. The summed E-state index contributed by atoms with van der Waals surface area (Å²) in [4.78, 5) is 17.9. The van der Waals surface area contributed by atoms with Crippen LogP contribution in [0.15, 0.2) is 38.5 Å². The van der Waals surface area contributed by atoms with E-state index in [1.165, 1.54) is 18.9 Å². The molecule has 0 amide bonds. The van der Waals surface area contributed by atoms with Gasteiger partial charge in [-0.2, -0.15) is 5.10 Å². The van der Waals surface area contributed by atoms with Gasteiger partial charge in [0.05, 0.1) is 11.7 Å². The number of imidazole rings is 1. The number of hydrazone groups is 1. The summed E-state index contributed by atoms with van der Waals surface area (Å²) in [5.41, 5.74) is 10.7. The predicted octanol–water partition coefficient (Wildman–Crippen LogP) is 1.35. The van der Waals surface area contributed by atoms with Gasteiger partial charge in [0.15, 0.2) is 17.5 Å². The quantitative estimate of drug-likeness (QED) is 0.334. The minimum Gasteiger partial charge on any atom is -0.369 e. The average Bonchev–Trinajstić information content (AvgIpc) is 3.35. The maximum atomic E-state index is 13.7. The lowest BCUT2D eigenvalue weighted by Crippen LogP contribution is -2.51. The lowest BCUT2D eigenvalue weighted by molar-refractivity contribution is 0.293. The highest BCUT2D eigenvalue weighted by Gasteiger charge is 2.38. The minimum absolute atomic E-state index is 0.0604. The molecule has 0 radical (unpaired) electrons. The molecule has 3 aliphatic rings. The topological polar surface area (TPSA) is 119 Å². The molecule has 1 aromatic carbocycles. The second-order valence-electron chi connectivity index (χ2n) is 8.02. The van der Waals surface area contributed by atoms with Gasteiger partial charge < -0.3 is 20.9 Å². The number of aromatic amines is 1. The first-order valence-corrected chi connectivity index (χ1v) is 10.2. The third-order valence-corrected chi connectivity index (χ3v) is 5.70. The second-order valence-corrected chi connectivity index (χ2v) is 8.02. The number of hydrogen-bond acceptors (Lipinski definition) is 6. The Bertz CT molecular complexity index is 1130. The summed E-state index contributed by atoms with van der Waals surface area (Å²) in [5, 5.41) is 7.71. The van der Waals surface area contributed by atoms with Gasteiger partial charge in [-0.15, -0.1) is 0 Å². The number of H-pyrrole nitrogens is 1. The van der Waals surface area contributed by atoms with Crippen LogP contribution < -0.4 is 16.5 Å². The van der Waals surface area contributed by atoms with E-state index in [2.05, 4.69) is 40.7 Å². The number of hydrogen-bond donors (Lipinski definition) is 4. The van der Waals surface area contributed by atoms with E-state index < -0.39 is 11.6 Å². The molecular weight excluding hydrogens is 404 g/mol. The Labute approximate surface area is 177 Å². The summed E-state index contributed by atoms with van der Waals surface area (Å²) in [6, 6.07) is 3.61. The van der Waals surface area contributed by atoms with E-state index in [1.54, 1.807) is 6.21 Å². The number of nitrogens with two attached hydrogens (primary N) is 1. The van der Waals surface area contributed by atoms with Crippen LogP contribution in [0.2, 0.25) is 0 Å². The average molecular weight is 427 g/mol. The van der Waals surface area contributed by atoms with Crippen molar-refractivity contribution < 1.29 is 8.78 Å². The van der Waals surface area contributed by atoms with Crippen LogP contribution >= 0.6 is 0 Å². The first-order chi connectivity index (χ1) is 15.0. The minimum atomic E-state index is -0.988. The number of allylic oxidation sites excluding steroid dienone is 1. The van der Waals surface area contributed by atoms with Crippen molar-refractivity contribution in [3.05, 3.63) is 40.9 Å². The van der Waals surface area contributed by atoms with Crippen molar-refractivity contribution in [2.45, 2.75) is 38.4 Å². The van der Waals surface area contributed by atoms with Crippen molar-refractivity contribution in [2.24, 2.45) is 20.8 Å². The van der Waals surface area contributed by atoms with Gasteiger partial charge in [-0.25, -0.2) is 29.2 Å². The van der Waals surface area contributed by atoms with Crippen LogP contribution in [-0.2, 0) is 6.54 Å². The number of nitrogens with one attached hydrogen (secondary N) is 3. The van der Waals surface area contributed by atoms with Crippen molar-refractivity contribution in [1.29, 1.82) is 0 Å². The molecule has 2 saturated heterocycles. The van der Waals surface area contributed by atoms with Gasteiger partial charge >= 0.3 is 0 Å². The van der Waals surface area contributed by atoms with E-state index in [0.29, 0.717) is 23.4 Å². The zero-order chi connectivity index (χ0) is 21.5. The Morgan fingerprint density at radius 2 is 2.10 bits per heavy atom. The Morgan fingerprint density at radius 1 is 1.32 bits per heavy atom. The van der Waals surface area contributed by atoms with E-state index in [1.807, 2.05) is 6.92 Å². The molecule has 31 heavy (non-hydrogen) atoms. The first kappa shape index (κ1) is 19.6. The van der Waals surface area contributed by atoms with E-state index >= 15 is 0 Å². The molecular formula is C20H23F2N9. The van der Waals surface area contributed by atoms with Crippen LogP contribution in [-0.4, -0.2) is 58.1 Å². The number of aromatic nitrogens is 2. The predicted molar refractivity (Wildman–Crippen MR) is 115 cm³/mol. The van der Waals surface area contributed by atoms with Gasteiger partial charge in [-0.05, 0) is 37.5 Å². The van der Waals surface area contributed by atoms with Crippen molar-refractivity contribution in [2.75, 3.05) is 13.1 Å².